The maximum Gasteiger partial charge on any atom is 0.255 e. The minimum Gasteiger partial charge on any atom is -0.322 e. The summed E-state index contributed by atoms with van der Waals surface area (Å²) in [5, 5.41) is 2.74. The molecule has 2 aromatic rings. The smallest absolute Gasteiger partial charge is 0.255 e. The maximum absolute atomic E-state index is 12.9. The number of anilines is 2. The monoisotopic (exact) mass is 362 g/mol. The number of benzene rings is 2. The van der Waals surface area contributed by atoms with Crippen LogP contribution in [-0.2, 0) is 10.0 Å². The van der Waals surface area contributed by atoms with E-state index in [1.54, 1.807) is 18.2 Å². The molecular formula is C18H19FN2O3S. The molecule has 7 heteroatoms. The summed E-state index contributed by atoms with van der Waals surface area (Å²) in [7, 11) is -3.27. The first-order valence-electron chi connectivity index (χ1n) is 8.05. The van der Waals surface area contributed by atoms with Gasteiger partial charge in [-0.15, -0.1) is 0 Å². The van der Waals surface area contributed by atoms with E-state index >= 15 is 0 Å². The molecule has 25 heavy (non-hydrogen) atoms. The molecule has 3 rings (SSSR count). The fourth-order valence-electron chi connectivity index (χ4n) is 2.88. The Kier molecular flexibility index (Phi) is 4.76. The number of carbonyl (C=O) groups excluding carboxylic acids is 1. The van der Waals surface area contributed by atoms with E-state index in [0.717, 1.165) is 12.0 Å². The highest BCUT2D eigenvalue weighted by molar-refractivity contribution is 7.92. The zero-order valence-corrected chi connectivity index (χ0v) is 14.6. The minimum atomic E-state index is -3.27. The van der Waals surface area contributed by atoms with Gasteiger partial charge in [-0.3, -0.25) is 9.10 Å². The topological polar surface area (TPSA) is 66.5 Å². The van der Waals surface area contributed by atoms with Gasteiger partial charge in [-0.25, -0.2) is 12.8 Å². The van der Waals surface area contributed by atoms with Crippen LogP contribution in [0.1, 0.15) is 28.8 Å². The first-order valence-corrected chi connectivity index (χ1v) is 9.66. The highest BCUT2D eigenvalue weighted by Gasteiger charge is 2.27. The van der Waals surface area contributed by atoms with Crippen molar-refractivity contribution >= 4 is 27.3 Å². The second-order valence-corrected chi connectivity index (χ2v) is 8.07. The van der Waals surface area contributed by atoms with Crippen molar-refractivity contribution in [3.05, 3.63) is 59.4 Å². The predicted octanol–water partition coefficient (Wildman–Crippen LogP) is 3.32. The molecule has 0 aliphatic carbocycles. The molecule has 0 saturated carbocycles. The number of rotatable bonds is 3. The highest BCUT2D eigenvalue weighted by Crippen LogP contribution is 2.29. The Hall–Kier alpha value is -2.41. The van der Waals surface area contributed by atoms with E-state index in [2.05, 4.69) is 5.32 Å². The van der Waals surface area contributed by atoms with Crippen LogP contribution in [0.25, 0.3) is 0 Å². The van der Waals surface area contributed by atoms with Gasteiger partial charge in [-0.2, -0.15) is 0 Å². The SMILES string of the molecule is Cc1cc(NC(=O)c2ccc(F)cc2)ccc1N1CCCCS1(=O)=O. The summed E-state index contributed by atoms with van der Waals surface area (Å²) in [6.07, 6.45) is 1.52. The molecule has 0 aromatic heterocycles. The van der Waals surface area contributed by atoms with Crippen LogP contribution < -0.4 is 9.62 Å². The van der Waals surface area contributed by atoms with E-state index in [9.17, 15) is 17.6 Å². The predicted molar refractivity (Wildman–Crippen MR) is 95.9 cm³/mol. The largest absolute Gasteiger partial charge is 0.322 e. The normalized spacial score (nSPS) is 16.5. The molecular weight excluding hydrogens is 343 g/mol. The van der Waals surface area contributed by atoms with Crippen LogP contribution in [0.2, 0.25) is 0 Å². The highest BCUT2D eigenvalue weighted by atomic mass is 32.2. The molecule has 0 atom stereocenters. The van der Waals surface area contributed by atoms with Crippen molar-refractivity contribution in [2.24, 2.45) is 0 Å². The van der Waals surface area contributed by atoms with Crippen LogP contribution in [0.5, 0.6) is 0 Å². The molecule has 0 bridgehead atoms. The molecule has 1 fully saturated rings. The van der Waals surface area contributed by atoms with Crippen LogP contribution >= 0.6 is 0 Å². The average molecular weight is 362 g/mol. The number of hydrogen-bond acceptors (Lipinski definition) is 3. The van der Waals surface area contributed by atoms with E-state index < -0.39 is 15.8 Å². The van der Waals surface area contributed by atoms with Gasteiger partial charge in [0, 0.05) is 17.8 Å². The lowest BCUT2D eigenvalue weighted by atomic mass is 10.1. The van der Waals surface area contributed by atoms with Crippen molar-refractivity contribution in [2.75, 3.05) is 21.9 Å². The van der Waals surface area contributed by atoms with Crippen LogP contribution in [0, 0.1) is 12.7 Å². The third-order valence-electron chi connectivity index (χ3n) is 4.18. The Bertz CT molecular complexity index is 895. The Labute approximate surface area is 146 Å². The summed E-state index contributed by atoms with van der Waals surface area (Å²) in [5.74, 6) is -0.590. The number of nitrogens with zero attached hydrogens (tertiary/aromatic N) is 1. The van der Waals surface area contributed by atoms with Gasteiger partial charge >= 0.3 is 0 Å². The van der Waals surface area contributed by atoms with E-state index in [4.69, 9.17) is 0 Å². The van der Waals surface area contributed by atoms with Crippen LogP contribution in [-0.4, -0.2) is 26.6 Å². The lowest BCUT2D eigenvalue weighted by molar-refractivity contribution is 0.102. The molecule has 132 valence electrons. The molecule has 1 saturated heterocycles. The zero-order valence-electron chi connectivity index (χ0n) is 13.8. The quantitative estimate of drug-likeness (QED) is 0.911. The van der Waals surface area contributed by atoms with Gasteiger partial charge in [-0.1, -0.05) is 0 Å². The summed E-state index contributed by atoms with van der Waals surface area (Å²) >= 11 is 0. The Balaban J connectivity index is 1.80. The molecule has 1 aliphatic heterocycles. The molecule has 0 spiro atoms. The Morgan fingerprint density at radius 3 is 2.48 bits per heavy atom. The van der Waals surface area contributed by atoms with Crippen molar-refractivity contribution < 1.29 is 17.6 Å². The third-order valence-corrected chi connectivity index (χ3v) is 6.03. The molecule has 5 nitrogen and oxygen atoms in total. The average Bonchev–Trinajstić information content (AvgIpc) is 2.56. The van der Waals surface area contributed by atoms with Crippen molar-refractivity contribution in [1.29, 1.82) is 0 Å². The molecule has 1 heterocycles. The van der Waals surface area contributed by atoms with Gasteiger partial charge in [0.25, 0.3) is 5.91 Å². The number of halogens is 1. The van der Waals surface area contributed by atoms with Gasteiger partial charge < -0.3 is 5.32 Å². The van der Waals surface area contributed by atoms with Crippen molar-refractivity contribution in [3.63, 3.8) is 0 Å². The Morgan fingerprint density at radius 1 is 1.12 bits per heavy atom. The van der Waals surface area contributed by atoms with Gasteiger partial charge in [-0.05, 0) is 67.8 Å². The van der Waals surface area contributed by atoms with E-state index in [0.29, 0.717) is 29.9 Å². The third kappa shape index (κ3) is 3.82. The van der Waals surface area contributed by atoms with Crippen molar-refractivity contribution in [2.45, 2.75) is 19.8 Å². The summed E-state index contributed by atoms with van der Waals surface area (Å²) in [5.41, 5.74) is 2.31. The lowest BCUT2D eigenvalue weighted by Gasteiger charge is -2.29. The summed E-state index contributed by atoms with van der Waals surface area (Å²) < 4.78 is 38.8. The molecule has 2 aromatic carbocycles. The Morgan fingerprint density at radius 2 is 1.84 bits per heavy atom. The number of amides is 1. The lowest BCUT2D eigenvalue weighted by Crippen LogP contribution is -2.38. The molecule has 1 aliphatic rings. The number of aryl methyl sites for hydroxylation is 1. The van der Waals surface area contributed by atoms with E-state index in [1.165, 1.54) is 28.6 Å². The number of hydrogen-bond donors (Lipinski definition) is 1. The van der Waals surface area contributed by atoms with Crippen LogP contribution in [0.4, 0.5) is 15.8 Å². The molecule has 1 amide bonds. The second-order valence-electron chi connectivity index (χ2n) is 6.06. The van der Waals surface area contributed by atoms with Gasteiger partial charge in [0.05, 0.1) is 11.4 Å². The van der Waals surface area contributed by atoms with Gasteiger partial charge in [0.15, 0.2) is 0 Å². The van der Waals surface area contributed by atoms with Gasteiger partial charge in [0.1, 0.15) is 5.82 Å². The second kappa shape index (κ2) is 6.84. The first-order chi connectivity index (χ1) is 11.9. The van der Waals surface area contributed by atoms with Gasteiger partial charge in [0.2, 0.25) is 10.0 Å². The molecule has 0 radical (unpaired) electrons. The summed E-state index contributed by atoms with van der Waals surface area (Å²) in [6.45, 7) is 2.29. The summed E-state index contributed by atoms with van der Waals surface area (Å²) in [6, 6.07) is 10.4. The number of carbonyl (C=O) groups is 1. The van der Waals surface area contributed by atoms with Crippen LogP contribution in [0.15, 0.2) is 42.5 Å². The van der Waals surface area contributed by atoms with Crippen molar-refractivity contribution in [1.82, 2.24) is 0 Å². The fraction of sp³-hybridized carbons (Fsp3) is 0.278. The van der Waals surface area contributed by atoms with E-state index in [-0.39, 0.29) is 11.7 Å². The summed E-state index contributed by atoms with van der Waals surface area (Å²) in [4.78, 5) is 12.2. The maximum atomic E-state index is 12.9. The number of sulfonamides is 1. The zero-order chi connectivity index (χ0) is 18.0. The molecule has 0 unspecified atom stereocenters. The fourth-order valence-corrected chi connectivity index (χ4v) is 4.58. The van der Waals surface area contributed by atoms with E-state index in [1.807, 2.05) is 6.92 Å². The molecule has 1 N–H and O–H groups in total. The standard InChI is InChI=1S/C18H19FN2O3S/c1-13-12-16(20-18(22)14-4-6-15(19)7-5-14)8-9-17(13)21-10-2-3-11-25(21,23)24/h4-9,12H,2-3,10-11H2,1H3,(H,20,22). The van der Waals surface area contributed by atoms with Crippen LogP contribution in [0.3, 0.4) is 0 Å². The first kappa shape index (κ1) is 17.4. The minimum absolute atomic E-state index is 0.162. The number of nitrogens with one attached hydrogen (secondary N) is 1. The van der Waals surface area contributed by atoms with Crippen molar-refractivity contribution in [3.8, 4) is 0 Å².